The molecule has 0 saturated carbocycles. The quantitative estimate of drug-likeness (QED) is 0.547. The van der Waals surface area contributed by atoms with E-state index in [-0.39, 0.29) is 0 Å². The summed E-state index contributed by atoms with van der Waals surface area (Å²) in [4.78, 5) is 0. The number of nitrogens with one attached hydrogen (secondary N) is 1. The Kier molecular flexibility index (Phi) is 4.82. The Balaban J connectivity index is 1.94. The minimum atomic E-state index is 0.469. The zero-order valence-corrected chi connectivity index (χ0v) is 14.4. The van der Waals surface area contributed by atoms with E-state index in [1.807, 2.05) is 56.3 Å². The highest BCUT2D eigenvalue weighted by Gasteiger charge is 2.09. The molecule has 3 rings (SSSR count). The number of aryl methyl sites for hydroxylation is 1. The van der Waals surface area contributed by atoms with Gasteiger partial charge < -0.3 is 0 Å². The van der Waals surface area contributed by atoms with Crippen molar-refractivity contribution >= 4 is 24.5 Å². The Morgan fingerprint density at radius 2 is 1.83 bits per heavy atom. The predicted octanol–water partition coefficient (Wildman–Crippen LogP) is 4.85. The summed E-state index contributed by atoms with van der Waals surface area (Å²) >= 11 is 5.31. The molecule has 2 aromatic carbocycles. The van der Waals surface area contributed by atoms with Gasteiger partial charge in [-0.05, 0) is 42.8 Å². The van der Waals surface area contributed by atoms with Gasteiger partial charge in [0.1, 0.15) is 0 Å². The van der Waals surface area contributed by atoms with Gasteiger partial charge in [-0.1, -0.05) is 60.7 Å². The Morgan fingerprint density at radius 3 is 2.58 bits per heavy atom. The highest BCUT2D eigenvalue weighted by Crippen LogP contribution is 2.21. The number of H-pyrrole nitrogens is 1. The Morgan fingerprint density at radius 1 is 1.12 bits per heavy atom. The molecule has 5 heteroatoms. The number of nitrogens with zero attached hydrogens (tertiary/aromatic N) is 3. The van der Waals surface area contributed by atoms with E-state index in [2.05, 4.69) is 33.5 Å². The highest BCUT2D eigenvalue weighted by molar-refractivity contribution is 7.71. The van der Waals surface area contributed by atoms with Crippen LogP contribution in [0.1, 0.15) is 18.1 Å². The molecule has 0 aliphatic carbocycles. The van der Waals surface area contributed by atoms with Crippen LogP contribution in [0.5, 0.6) is 0 Å². The molecule has 0 radical (unpaired) electrons. The predicted molar refractivity (Wildman–Crippen MR) is 102 cm³/mol. The topological polar surface area (TPSA) is 46.0 Å². The minimum absolute atomic E-state index is 0.469. The van der Waals surface area contributed by atoms with E-state index in [4.69, 9.17) is 12.2 Å². The molecule has 24 heavy (non-hydrogen) atoms. The van der Waals surface area contributed by atoms with Crippen molar-refractivity contribution in [2.24, 2.45) is 5.10 Å². The number of hydrogen-bond acceptors (Lipinski definition) is 3. The molecule has 0 aliphatic heterocycles. The molecular formula is C19H18N4S. The summed E-state index contributed by atoms with van der Waals surface area (Å²) in [7, 11) is 0. The van der Waals surface area contributed by atoms with E-state index >= 15 is 0 Å². The second-order valence-electron chi connectivity index (χ2n) is 5.52. The average molecular weight is 334 g/mol. The van der Waals surface area contributed by atoms with Crippen molar-refractivity contribution in [2.75, 3.05) is 0 Å². The summed E-state index contributed by atoms with van der Waals surface area (Å²) < 4.78 is 2.12. The maximum Gasteiger partial charge on any atom is 0.216 e. The van der Waals surface area contributed by atoms with Crippen molar-refractivity contribution in [1.82, 2.24) is 14.9 Å². The minimum Gasteiger partial charge on any atom is -0.250 e. The number of hydrogen-bond donors (Lipinski definition) is 1. The fraction of sp³-hybridized carbons (Fsp3) is 0.105. The van der Waals surface area contributed by atoms with Crippen LogP contribution in [0.2, 0.25) is 0 Å². The molecule has 0 saturated heterocycles. The Hall–Kier alpha value is -2.79. The van der Waals surface area contributed by atoms with Gasteiger partial charge in [0.15, 0.2) is 5.82 Å². The molecule has 0 bridgehead atoms. The van der Waals surface area contributed by atoms with Crippen molar-refractivity contribution in [3.05, 3.63) is 76.1 Å². The van der Waals surface area contributed by atoms with Gasteiger partial charge in [-0.25, -0.2) is 5.10 Å². The maximum absolute atomic E-state index is 5.31. The molecule has 4 nitrogen and oxygen atoms in total. The first-order valence-corrected chi connectivity index (χ1v) is 8.07. The van der Waals surface area contributed by atoms with Gasteiger partial charge in [0.25, 0.3) is 0 Å². The summed E-state index contributed by atoms with van der Waals surface area (Å²) in [6, 6.07) is 18.2. The normalized spacial score (nSPS) is 12.0. The molecule has 120 valence electrons. The van der Waals surface area contributed by atoms with Gasteiger partial charge in [-0.15, -0.1) is 0 Å². The number of aromatic amines is 1. The number of aromatic nitrogens is 3. The van der Waals surface area contributed by atoms with E-state index in [9.17, 15) is 0 Å². The number of benzene rings is 2. The van der Waals surface area contributed by atoms with Crippen molar-refractivity contribution in [3.63, 3.8) is 0 Å². The van der Waals surface area contributed by atoms with Gasteiger partial charge >= 0.3 is 0 Å². The number of allylic oxidation sites excluding steroid dienone is 1. The summed E-state index contributed by atoms with van der Waals surface area (Å²) in [6.07, 6.45) is 3.86. The van der Waals surface area contributed by atoms with Crippen molar-refractivity contribution in [2.45, 2.75) is 13.8 Å². The average Bonchev–Trinajstić information content (AvgIpc) is 2.95. The van der Waals surface area contributed by atoms with Crippen LogP contribution in [-0.2, 0) is 0 Å². The summed E-state index contributed by atoms with van der Waals surface area (Å²) in [5.41, 5.74) is 4.29. The van der Waals surface area contributed by atoms with E-state index in [1.54, 1.807) is 10.9 Å². The van der Waals surface area contributed by atoms with Crippen molar-refractivity contribution in [1.29, 1.82) is 0 Å². The van der Waals surface area contributed by atoms with Crippen molar-refractivity contribution in [3.8, 4) is 11.4 Å². The molecule has 0 amide bonds. The second-order valence-corrected chi connectivity index (χ2v) is 5.91. The maximum atomic E-state index is 5.31. The van der Waals surface area contributed by atoms with Gasteiger partial charge in [-0.3, -0.25) is 0 Å². The standard InChI is InChI=1S/C19H18N4S/c1-14(12-16-9-4-3-5-10-16)13-20-23-18(21-22-19(23)24)17-11-7-6-8-15(17)2/h3-13H,1-2H3,(H,22,24). The first-order chi connectivity index (χ1) is 11.6. The fourth-order valence-electron chi connectivity index (χ4n) is 2.40. The van der Waals surface area contributed by atoms with Gasteiger partial charge in [-0.2, -0.15) is 14.9 Å². The van der Waals surface area contributed by atoms with Crippen molar-refractivity contribution < 1.29 is 0 Å². The van der Waals surface area contributed by atoms with Crippen LogP contribution in [0.15, 0.2) is 65.3 Å². The van der Waals surface area contributed by atoms with Crippen LogP contribution in [-0.4, -0.2) is 21.1 Å². The zero-order valence-electron chi connectivity index (χ0n) is 13.6. The van der Waals surface area contributed by atoms with Gasteiger partial charge in [0.05, 0.1) is 6.21 Å². The lowest BCUT2D eigenvalue weighted by atomic mass is 10.1. The van der Waals surface area contributed by atoms with Gasteiger partial charge in [0, 0.05) is 5.56 Å². The molecule has 3 aromatic rings. The molecular weight excluding hydrogens is 316 g/mol. The van der Waals surface area contributed by atoms with Crippen LogP contribution in [0.4, 0.5) is 0 Å². The molecule has 1 heterocycles. The summed E-state index contributed by atoms with van der Waals surface area (Å²) in [5.74, 6) is 0.710. The third-order valence-corrected chi connectivity index (χ3v) is 3.87. The molecule has 0 unspecified atom stereocenters. The lowest BCUT2D eigenvalue weighted by molar-refractivity contribution is 0.870. The molecule has 0 spiro atoms. The monoisotopic (exact) mass is 334 g/mol. The SMILES string of the molecule is CC(C=Nn1c(-c2ccccc2C)n[nH]c1=S)=Cc1ccccc1. The second kappa shape index (κ2) is 7.19. The third kappa shape index (κ3) is 3.58. The molecule has 1 aromatic heterocycles. The molecule has 0 atom stereocenters. The first kappa shape index (κ1) is 16.1. The van der Waals surface area contributed by atoms with Gasteiger partial charge in [0.2, 0.25) is 4.77 Å². The van der Waals surface area contributed by atoms with Crippen LogP contribution in [0.25, 0.3) is 17.5 Å². The highest BCUT2D eigenvalue weighted by atomic mass is 32.1. The van der Waals surface area contributed by atoms with E-state index in [1.165, 1.54) is 0 Å². The Labute approximate surface area is 146 Å². The molecule has 0 aliphatic rings. The fourth-order valence-corrected chi connectivity index (χ4v) is 2.57. The van der Waals surface area contributed by atoms with Crippen LogP contribution in [0, 0.1) is 11.7 Å². The van der Waals surface area contributed by atoms with E-state index in [0.29, 0.717) is 10.6 Å². The van der Waals surface area contributed by atoms with E-state index in [0.717, 1.165) is 22.3 Å². The summed E-state index contributed by atoms with van der Waals surface area (Å²) in [5, 5.41) is 11.6. The van der Waals surface area contributed by atoms with Crippen LogP contribution in [0.3, 0.4) is 0 Å². The third-order valence-electron chi connectivity index (χ3n) is 3.61. The molecule has 0 fully saturated rings. The molecule has 1 N–H and O–H groups in total. The van der Waals surface area contributed by atoms with Crippen LogP contribution < -0.4 is 0 Å². The largest absolute Gasteiger partial charge is 0.250 e. The van der Waals surface area contributed by atoms with E-state index < -0.39 is 0 Å². The number of rotatable bonds is 4. The lowest BCUT2D eigenvalue weighted by Gasteiger charge is -2.04. The lowest BCUT2D eigenvalue weighted by Crippen LogP contribution is -1.96. The Bertz CT molecular complexity index is 949. The zero-order chi connectivity index (χ0) is 16.9. The summed E-state index contributed by atoms with van der Waals surface area (Å²) in [6.45, 7) is 4.05. The first-order valence-electron chi connectivity index (χ1n) is 7.66. The smallest absolute Gasteiger partial charge is 0.216 e. The van der Waals surface area contributed by atoms with Crippen LogP contribution >= 0.6 is 12.2 Å².